The van der Waals surface area contributed by atoms with Gasteiger partial charge in [-0.15, -0.1) is 0 Å². The van der Waals surface area contributed by atoms with E-state index in [1.54, 1.807) is 0 Å². The number of imide groups is 2. The lowest BCUT2D eigenvalue weighted by Gasteiger charge is -2.32. The topological polar surface area (TPSA) is 74.8 Å². The Morgan fingerprint density at radius 3 is 1.57 bits per heavy atom. The molecular weight excluding hydrogens is 272 g/mol. The largest absolute Gasteiger partial charge is 0.269 e. The van der Waals surface area contributed by atoms with Crippen LogP contribution < -0.4 is 0 Å². The molecule has 0 bridgehead atoms. The number of hydrogen-bond acceptors (Lipinski definition) is 4. The van der Waals surface area contributed by atoms with E-state index >= 15 is 0 Å². The quantitative estimate of drug-likeness (QED) is 0.520. The van der Waals surface area contributed by atoms with Crippen molar-refractivity contribution in [3.8, 4) is 0 Å². The highest BCUT2D eigenvalue weighted by Gasteiger charge is 2.40. The maximum atomic E-state index is 11.8. The molecule has 0 N–H and O–H groups in total. The van der Waals surface area contributed by atoms with E-state index in [0.29, 0.717) is 6.42 Å². The fourth-order valence-electron chi connectivity index (χ4n) is 2.54. The monoisotopic (exact) mass is 290 g/mol. The second-order valence-electron chi connectivity index (χ2n) is 5.09. The second kappa shape index (κ2) is 6.47. The van der Waals surface area contributed by atoms with Crippen molar-refractivity contribution in [1.29, 1.82) is 0 Å². The third-order valence-corrected chi connectivity index (χ3v) is 3.60. The first kappa shape index (κ1) is 15.2. The highest BCUT2D eigenvalue weighted by atomic mass is 16.2. The van der Waals surface area contributed by atoms with Gasteiger partial charge in [-0.3, -0.25) is 29.0 Å². The van der Waals surface area contributed by atoms with Crippen LogP contribution in [0.15, 0.2) is 24.3 Å². The van der Waals surface area contributed by atoms with Gasteiger partial charge in [0, 0.05) is 24.3 Å². The van der Waals surface area contributed by atoms with Crippen molar-refractivity contribution >= 4 is 23.6 Å². The molecule has 0 aromatic rings. The minimum Gasteiger partial charge on any atom is -0.269 e. The predicted octanol–water partition coefficient (Wildman–Crippen LogP) is 1.13. The summed E-state index contributed by atoms with van der Waals surface area (Å²) in [6.45, 7) is 2.08. The zero-order valence-electron chi connectivity index (χ0n) is 11.9. The van der Waals surface area contributed by atoms with Crippen molar-refractivity contribution in [3.63, 3.8) is 0 Å². The van der Waals surface area contributed by atoms with E-state index in [4.69, 9.17) is 0 Å². The van der Waals surface area contributed by atoms with Gasteiger partial charge in [-0.25, -0.2) is 0 Å². The molecule has 6 nitrogen and oxygen atoms in total. The Hall–Kier alpha value is -2.24. The van der Waals surface area contributed by atoms with E-state index in [1.807, 2.05) is 0 Å². The van der Waals surface area contributed by atoms with Gasteiger partial charge in [0.1, 0.15) is 6.17 Å². The Morgan fingerprint density at radius 2 is 1.19 bits per heavy atom. The van der Waals surface area contributed by atoms with Gasteiger partial charge in [0.15, 0.2) is 0 Å². The van der Waals surface area contributed by atoms with Crippen molar-refractivity contribution in [2.75, 3.05) is 0 Å². The van der Waals surface area contributed by atoms with Crippen LogP contribution in [0.4, 0.5) is 0 Å². The summed E-state index contributed by atoms with van der Waals surface area (Å²) in [6.07, 6.45) is 8.01. The Bertz CT molecular complexity index is 458. The molecule has 0 radical (unpaired) electrons. The average molecular weight is 290 g/mol. The lowest BCUT2D eigenvalue weighted by molar-refractivity contribution is -0.152. The molecule has 0 saturated carbocycles. The smallest absolute Gasteiger partial charge is 0.255 e. The van der Waals surface area contributed by atoms with Crippen LogP contribution in [0.2, 0.25) is 0 Å². The minimum atomic E-state index is -0.827. The molecular formula is C15H18N2O4. The van der Waals surface area contributed by atoms with Crippen molar-refractivity contribution < 1.29 is 19.2 Å². The van der Waals surface area contributed by atoms with Crippen LogP contribution >= 0.6 is 0 Å². The molecule has 2 aliphatic heterocycles. The molecule has 2 heterocycles. The van der Waals surface area contributed by atoms with Crippen LogP contribution in [-0.4, -0.2) is 39.6 Å². The summed E-state index contributed by atoms with van der Waals surface area (Å²) in [5.41, 5.74) is 0. The molecule has 0 spiro atoms. The first-order chi connectivity index (χ1) is 10.1. The van der Waals surface area contributed by atoms with Gasteiger partial charge in [-0.05, 0) is 12.8 Å². The Kier molecular flexibility index (Phi) is 4.67. The van der Waals surface area contributed by atoms with Crippen molar-refractivity contribution in [2.24, 2.45) is 0 Å². The summed E-state index contributed by atoms with van der Waals surface area (Å²) in [4.78, 5) is 49.3. The van der Waals surface area contributed by atoms with Crippen LogP contribution in [0, 0.1) is 0 Å². The predicted molar refractivity (Wildman–Crippen MR) is 74.5 cm³/mol. The minimum absolute atomic E-state index is 0.415. The molecule has 0 fully saturated rings. The van der Waals surface area contributed by atoms with E-state index < -0.39 is 29.8 Å². The highest BCUT2D eigenvalue weighted by Crippen LogP contribution is 2.22. The van der Waals surface area contributed by atoms with E-state index in [-0.39, 0.29) is 0 Å². The van der Waals surface area contributed by atoms with Gasteiger partial charge in [-0.1, -0.05) is 26.2 Å². The highest BCUT2D eigenvalue weighted by molar-refractivity contribution is 6.16. The number of rotatable bonds is 7. The molecule has 0 aliphatic carbocycles. The first-order valence-corrected chi connectivity index (χ1v) is 7.16. The van der Waals surface area contributed by atoms with Crippen LogP contribution in [0.5, 0.6) is 0 Å². The molecule has 6 heteroatoms. The molecule has 2 aliphatic rings. The van der Waals surface area contributed by atoms with Crippen LogP contribution in [0.1, 0.15) is 39.0 Å². The maximum Gasteiger partial charge on any atom is 0.255 e. The average Bonchev–Trinajstić information content (AvgIpc) is 2.95. The molecule has 0 aromatic heterocycles. The number of nitrogens with zero attached hydrogens (tertiary/aromatic N) is 2. The van der Waals surface area contributed by atoms with Gasteiger partial charge in [0.2, 0.25) is 0 Å². The number of hydrogen-bond donors (Lipinski definition) is 0. The molecule has 21 heavy (non-hydrogen) atoms. The van der Waals surface area contributed by atoms with Gasteiger partial charge < -0.3 is 0 Å². The first-order valence-electron chi connectivity index (χ1n) is 7.16. The Balaban J connectivity index is 2.14. The molecule has 0 unspecified atom stereocenters. The summed E-state index contributed by atoms with van der Waals surface area (Å²) in [5.74, 6) is -1.91. The number of carbonyl (C=O) groups is 4. The molecule has 0 saturated heterocycles. The second-order valence-corrected chi connectivity index (χ2v) is 5.09. The van der Waals surface area contributed by atoms with E-state index in [9.17, 15) is 19.2 Å². The lowest BCUT2D eigenvalue weighted by Crippen LogP contribution is -2.53. The fourth-order valence-corrected chi connectivity index (χ4v) is 2.54. The fraction of sp³-hybridized carbons (Fsp3) is 0.467. The van der Waals surface area contributed by atoms with E-state index in [0.717, 1.165) is 35.5 Å². The normalized spacial score (nSPS) is 18.0. The van der Waals surface area contributed by atoms with Crippen LogP contribution in [-0.2, 0) is 19.2 Å². The molecule has 112 valence electrons. The summed E-state index contributed by atoms with van der Waals surface area (Å²) in [7, 11) is 0. The van der Waals surface area contributed by atoms with E-state index in [2.05, 4.69) is 6.92 Å². The van der Waals surface area contributed by atoms with Gasteiger partial charge in [0.25, 0.3) is 23.6 Å². The lowest BCUT2D eigenvalue weighted by atomic mass is 10.1. The van der Waals surface area contributed by atoms with Crippen LogP contribution in [0.25, 0.3) is 0 Å². The summed E-state index contributed by atoms with van der Waals surface area (Å²) in [5, 5.41) is 0. The van der Waals surface area contributed by atoms with Crippen molar-refractivity contribution in [2.45, 2.75) is 45.2 Å². The van der Waals surface area contributed by atoms with Gasteiger partial charge in [0.05, 0.1) is 0 Å². The SMILES string of the molecule is CCCCCCC(N1C(=O)C=CC1=O)N1C(=O)C=CC1=O. The maximum absolute atomic E-state index is 11.8. The summed E-state index contributed by atoms with van der Waals surface area (Å²) < 4.78 is 0. The number of amides is 4. The number of unbranched alkanes of at least 4 members (excludes halogenated alkanes) is 3. The summed E-state index contributed by atoms with van der Waals surface area (Å²) >= 11 is 0. The zero-order chi connectivity index (χ0) is 15.4. The molecule has 0 atom stereocenters. The van der Waals surface area contributed by atoms with E-state index in [1.165, 1.54) is 24.3 Å². The Labute approximate surface area is 123 Å². The molecule has 2 rings (SSSR count). The van der Waals surface area contributed by atoms with Crippen molar-refractivity contribution in [3.05, 3.63) is 24.3 Å². The standard InChI is InChI=1S/C15H18N2O4/c1-2-3-4-5-6-11(16-12(18)7-8-13(16)19)17-14(20)9-10-15(17)21/h7-11H,2-6H2,1H3. The number of carbonyl (C=O) groups excluding carboxylic acids is 4. The summed E-state index contributed by atoms with van der Waals surface area (Å²) in [6, 6.07) is 0. The van der Waals surface area contributed by atoms with Crippen molar-refractivity contribution in [1.82, 2.24) is 9.80 Å². The van der Waals surface area contributed by atoms with Gasteiger partial charge in [-0.2, -0.15) is 0 Å². The van der Waals surface area contributed by atoms with Crippen LogP contribution in [0.3, 0.4) is 0 Å². The zero-order valence-corrected chi connectivity index (χ0v) is 11.9. The molecule has 0 aromatic carbocycles. The molecule has 4 amide bonds. The third kappa shape index (κ3) is 3.09. The van der Waals surface area contributed by atoms with Gasteiger partial charge >= 0.3 is 0 Å². The third-order valence-electron chi connectivity index (χ3n) is 3.60. The Morgan fingerprint density at radius 1 is 0.762 bits per heavy atom.